The number of nitriles is 1. The molecule has 0 aliphatic carbocycles. The van der Waals surface area contributed by atoms with Crippen LogP contribution in [0.25, 0.3) is 10.9 Å². The fourth-order valence-electron chi connectivity index (χ4n) is 2.29. The van der Waals surface area contributed by atoms with Crippen LogP contribution in [0, 0.1) is 11.3 Å². The predicted molar refractivity (Wildman–Crippen MR) is 92.7 cm³/mol. The summed E-state index contributed by atoms with van der Waals surface area (Å²) in [4.78, 5) is 17.4. The molecule has 0 aliphatic heterocycles. The summed E-state index contributed by atoms with van der Waals surface area (Å²) in [6.07, 6.45) is 3.18. The summed E-state index contributed by atoms with van der Waals surface area (Å²) in [6.45, 7) is 1.22. The zero-order chi connectivity index (χ0) is 16.5. The van der Waals surface area contributed by atoms with Gasteiger partial charge in [0.05, 0.1) is 17.0 Å². The molecule has 0 bridgehead atoms. The summed E-state index contributed by atoms with van der Waals surface area (Å²) in [6, 6.07) is 9.60. The van der Waals surface area contributed by atoms with E-state index >= 15 is 0 Å². The van der Waals surface area contributed by atoms with Crippen molar-refractivity contribution in [1.82, 2.24) is 9.55 Å². The molecule has 0 amide bonds. The van der Waals surface area contributed by atoms with Crippen molar-refractivity contribution in [3.05, 3.63) is 34.6 Å². The Hall–Kier alpha value is -1.84. The molecule has 0 N–H and O–H groups in total. The molecule has 0 aliphatic rings. The van der Waals surface area contributed by atoms with E-state index < -0.39 is 0 Å². The van der Waals surface area contributed by atoms with E-state index in [4.69, 9.17) is 10.00 Å². The topological polar surface area (TPSA) is 67.9 Å². The van der Waals surface area contributed by atoms with Gasteiger partial charge in [0.2, 0.25) is 0 Å². The number of benzene rings is 1. The minimum absolute atomic E-state index is 0.00577. The van der Waals surface area contributed by atoms with Crippen LogP contribution in [0.5, 0.6) is 0 Å². The molecule has 0 saturated carbocycles. The molecule has 2 rings (SSSR count). The minimum atomic E-state index is 0.00577. The Bertz CT molecular complexity index is 737. The second kappa shape index (κ2) is 9.33. The van der Waals surface area contributed by atoms with Gasteiger partial charge in [-0.1, -0.05) is 23.9 Å². The van der Waals surface area contributed by atoms with Crippen LogP contribution in [0.15, 0.2) is 34.2 Å². The summed E-state index contributed by atoms with van der Waals surface area (Å²) >= 11 is 1.59. The van der Waals surface area contributed by atoms with Crippen LogP contribution in [-0.4, -0.2) is 29.0 Å². The molecule has 2 aromatic rings. The van der Waals surface area contributed by atoms with Crippen molar-refractivity contribution in [2.45, 2.75) is 37.4 Å². The SMILES string of the molecule is COCCCn1c(SCCCCC#N)nc2ccccc2c1=O. The fraction of sp³-hybridized carbons (Fsp3) is 0.471. The van der Waals surface area contributed by atoms with Gasteiger partial charge in [-0.05, 0) is 31.4 Å². The number of rotatable bonds is 9. The number of nitrogens with zero attached hydrogens (tertiary/aromatic N) is 3. The highest BCUT2D eigenvalue weighted by Crippen LogP contribution is 2.19. The van der Waals surface area contributed by atoms with E-state index in [9.17, 15) is 4.79 Å². The maximum Gasteiger partial charge on any atom is 0.262 e. The monoisotopic (exact) mass is 331 g/mol. The highest BCUT2D eigenvalue weighted by molar-refractivity contribution is 7.99. The van der Waals surface area contributed by atoms with Crippen molar-refractivity contribution in [2.75, 3.05) is 19.5 Å². The van der Waals surface area contributed by atoms with Crippen LogP contribution in [0.1, 0.15) is 25.7 Å². The standard InChI is InChI=1S/C17H21N3O2S/c1-22-12-7-11-20-16(21)14-8-3-4-9-15(14)19-17(20)23-13-6-2-5-10-18/h3-4,8-9H,2,5-7,11-13H2,1H3. The Morgan fingerprint density at radius 3 is 2.91 bits per heavy atom. The smallest absolute Gasteiger partial charge is 0.262 e. The largest absolute Gasteiger partial charge is 0.385 e. The lowest BCUT2D eigenvalue weighted by Crippen LogP contribution is -2.24. The lowest BCUT2D eigenvalue weighted by Gasteiger charge is -2.12. The minimum Gasteiger partial charge on any atom is -0.385 e. The van der Waals surface area contributed by atoms with Crippen molar-refractivity contribution in [1.29, 1.82) is 5.26 Å². The molecular weight excluding hydrogens is 310 g/mol. The molecule has 5 nitrogen and oxygen atoms in total. The molecule has 0 unspecified atom stereocenters. The summed E-state index contributed by atoms with van der Waals surface area (Å²) in [7, 11) is 1.66. The maximum absolute atomic E-state index is 12.7. The molecule has 0 saturated heterocycles. The van der Waals surface area contributed by atoms with Crippen LogP contribution in [0.3, 0.4) is 0 Å². The highest BCUT2D eigenvalue weighted by Gasteiger charge is 2.11. The number of fused-ring (bicyclic) bond motifs is 1. The van der Waals surface area contributed by atoms with Gasteiger partial charge >= 0.3 is 0 Å². The molecule has 0 spiro atoms. The summed E-state index contributed by atoms with van der Waals surface area (Å²) < 4.78 is 6.83. The number of unbranched alkanes of at least 4 members (excludes halogenated alkanes) is 2. The fourth-order valence-corrected chi connectivity index (χ4v) is 3.32. The molecule has 122 valence electrons. The van der Waals surface area contributed by atoms with Crippen molar-refractivity contribution < 1.29 is 4.74 Å². The summed E-state index contributed by atoms with van der Waals surface area (Å²) in [5, 5.41) is 9.98. The van der Waals surface area contributed by atoms with Gasteiger partial charge in [0.25, 0.3) is 5.56 Å². The van der Waals surface area contributed by atoms with E-state index in [-0.39, 0.29) is 5.56 Å². The first-order valence-corrected chi connectivity index (χ1v) is 8.74. The molecule has 1 heterocycles. The van der Waals surface area contributed by atoms with E-state index in [2.05, 4.69) is 11.1 Å². The van der Waals surface area contributed by atoms with Gasteiger partial charge in [0, 0.05) is 32.4 Å². The van der Waals surface area contributed by atoms with E-state index in [1.165, 1.54) is 0 Å². The van der Waals surface area contributed by atoms with Gasteiger partial charge in [-0.15, -0.1) is 0 Å². The van der Waals surface area contributed by atoms with Gasteiger partial charge in [0.1, 0.15) is 0 Å². The Kier molecular flexibility index (Phi) is 7.11. The van der Waals surface area contributed by atoms with Crippen molar-refractivity contribution in [3.8, 4) is 6.07 Å². The lowest BCUT2D eigenvalue weighted by molar-refractivity contribution is 0.189. The zero-order valence-corrected chi connectivity index (χ0v) is 14.1. The number of ether oxygens (including phenoxy) is 1. The third kappa shape index (κ3) is 4.81. The second-order valence-corrected chi connectivity index (χ2v) is 6.24. The molecular formula is C17H21N3O2S. The lowest BCUT2D eigenvalue weighted by atomic mass is 10.2. The third-order valence-electron chi connectivity index (χ3n) is 3.47. The first-order chi connectivity index (χ1) is 11.3. The first-order valence-electron chi connectivity index (χ1n) is 7.76. The first kappa shape index (κ1) is 17.5. The Morgan fingerprint density at radius 2 is 2.13 bits per heavy atom. The predicted octanol–water partition coefficient (Wildman–Crippen LogP) is 3.22. The number of methoxy groups -OCH3 is 1. The third-order valence-corrected chi connectivity index (χ3v) is 4.53. The van der Waals surface area contributed by atoms with Crippen molar-refractivity contribution in [2.24, 2.45) is 0 Å². The average Bonchev–Trinajstić information content (AvgIpc) is 2.57. The van der Waals surface area contributed by atoms with Crippen molar-refractivity contribution >= 4 is 22.7 Å². The van der Waals surface area contributed by atoms with Crippen LogP contribution in [0.2, 0.25) is 0 Å². The Balaban J connectivity index is 2.22. The van der Waals surface area contributed by atoms with Crippen LogP contribution in [0.4, 0.5) is 0 Å². The summed E-state index contributed by atoms with van der Waals surface area (Å²) in [5.74, 6) is 0.858. The van der Waals surface area contributed by atoms with Crippen LogP contribution >= 0.6 is 11.8 Å². The molecule has 0 radical (unpaired) electrons. The van der Waals surface area contributed by atoms with Gasteiger partial charge < -0.3 is 4.74 Å². The molecule has 1 aromatic carbocycles. The normalized spacial score (nSPS) is 10.8. The highest BCUT2D eigenvalue weighted by atomic mass is 32.2. The van der Waals surface area contributed by atoms with E-state index in [0.717, 1.165) is 35.7 Å². The zero-order valence-electron chi connectivity index (χ0n) is 13.3. The number of hydrogen-bond donors (Lipinski definition) is 0. The van der Waals surface area contributed by atoms with E-state index in [1.807, 2.05) is 24.3 Å². The van der Waals surface area contributed by atoms with E-state index in [0.29, 0.717) is 25.0 Å². The quantitative estimate of drug-likeness (QED) is 0.401. The number of aromatic nitrogens is 2. The number of thioether (sulfide) groups is 1. The van der Waals surface area contributed by atoms with Crippen LogP contribution < -0.4 is 5.56 Å². The maximum atomic E-state index is 12.7. The molecule has 6 heteroatoms. The summed E-state index contributed by atoms with van der Waals surface area (Å²) in [5.41, 5.74) is 0.742. The molecule has 0 atom stereocenters. The van der Waals surface area contributed by atoms with Crippen molar-refractivity contribution in [3.63, 3.8) is 0 Å². The Labute approximate surface area is 140 Å². The average molecular weight is 331 g/mol. The van der Waals surface area contributed by atoms with Gasteiger partial charge in [0.15, 0.2) is 5.16 Å². The van der Waals surface area contributed by atoms with Gasteiger partial charge in [-0.3, -0.25) is 9.36 Å². The molecule has 0 fully saturated rings. The van der Waals surface area contributed by atoms with Gasteiger partial charge in [-0.25, -0.2) is 4.98 Å². The Morgan fingerprint density at radius 1 is 1.30 bits per heavy atom. The molecule has 1 aromatic heterocycles. The number of para-hydroxylation sites is 1. The second-order valence-electron chi connectivity index (χ2n) is 5.18. The van der Waals surface area contributed by atoms with E-state index in [1.54, 1.807) is 23.4 Å². The number of hydrogen-bond acceptors (Lipinski definition) is 5. The van der Waals surface area contributed by atoms with Gasteiger partial charge in [-0.2, -0.15) is 5.26 Å². The molecule has 23 heavy (non-hydrogen) atoms. The van der Waals surface area contributed by atoms with Crippen LogP contribution in [-0.2, 0) is 11.3 Å².